The van der Waals surface area contributed by atoms with Gasteiger partial charge in [0.15, 0.2) is 0 Å². The van der Waals surface area contributed by atoms with E-state index in [0.29, 0.717) is 30.8 Å². The monoisotopic (exact) mass is 422 g/mol. The minimum atomic E-state index is -2.78. The average Bonchev–Trinajstić information content (AvgIpc) is 3.20. The number of hydrogen-bond donors (Lipinski definition) is 0. The molecule has 1 amide bonds. The van der Waals surface area contributed by atoms with Crippen LogP contribution in [0.2, 0.25) is 0 Å². The first kappa shape index (κ1) is 20.2. The van der Waals surface area contributed by atoms with Crippen molar-refractivity contribution < 1.29 is 22.4 Å². The van der Waals surface area contributed by atoms with E-state index in [1.807, 2.05) is 0 Å². The Bertz CT molecular complexity index is 1090. The molecule has 0 bridgehead atoms. The molecule has 0 spiro atoms. The lowest BCUT2D eigenvalue weighted by molar-refractivity contribution is 0.0703. The molecule has 158 valence electrons. The van der Waals surface area contributed by atoms with Crippen molar-refractivity contribution in [2.45, 2.75) is 38.5 Å². The topological polar surface area (TPSA) is 76.3 Å². The number of amides is 1. The van der Waals surface area contributed by atoms with E-state index < -0.39 is 30.1 Å². The van der Waals surface area contributed by atoms with Crippen LogP contribution in [0, 0.1) is 6.92 Å². The molecule has 0 aromatic carbocycles. The van der Waals surface area contributed by atoms with Gasteiger partial charge in [0.1, 0.15) is 17.7 Å². The number of alkyl halides is 4. The van der Waals surface area contributed by atoms with E-state index in [-0.39, 0.29) is 23.8 Å². The minimum Gasteiger partial charge on any atom is -0.338 e. The summed E-state index contributed by atoms with van der Waals surface area (Å²) in [6, 6.07) is 3.85. The number of carbonyl (C=O) groups excluding carboxylic acids is 1. The number of halogens is 4. The predicted molar refractivity (Wildman–Crippen MR) is 97.5 cm³/mol. The molecule has 0 N–H and O–H groups in total. The van der Waals surface area contributed by atoms with Crippen molar-refractivity contribution in [3.8, 4) is 0 Å². The lowest BCUT2D eigenvalue weighted by atomic mass is 9.93. The van der Waals surface area contributed by atoms with Gasteiger partial charge in [0.2, 0.25) is 0 Å². The second kappa shape index (κ2) is 7.96. The van der Waals surface area contributed by atoms with Crippen LogP contribution in [0.5, 0.6) is 0 Å². The molecule has 30 heavy (non-hydrogen) atoms. The van der Waals surface area contributed by atoms with Crippen LogP contribution in [0.25, 0.3) is 5.78 Å². The van der Waals surface area contributed by atoms with Gasteiger partial charge in [0.05, 0.1) is 5.69 Å². The number of fused-ring (bicyclic) bond motifs is 1. The average molecular weight is 422 g/mol. The summed E-state index contributed by atoms with van der Waals surface area (Å²) < 4.78 is 54.1. The van der Waals surface area contributed by atoms with E-state index in [1.54, 1.807) is 11.8 Å². The highest BCUT2D eigenvalue weighted by molar-refractivity contribution is 5.94. The van der Waals surface area contributed by atoms with Crippen molar-refractivity contribution in [1.82, 2.24) is 29.5 Å². The Balaban J connectivity index is 1.64. The van der Waals surface area contributed by atoms with Crippen LogP contribution in [-0.4, -0.2) is 48.5 Å². The Morgan fingerprint density at radius 1 is 1.10 bits per heavy atom. The van der Waals surface area contributed by atoms with Crippen molar-refractivity contribution in [1.29, 1.82) is 0 Å². The molecule has 4 rings (SSSR count). The second-order valence-corrected chi connectivity index (χ2v) is 7.19. The summed E-state index contributed by atoms with van der Waals surface area (Å²) in [6.07, 6.45) is -3.03. The normalized spacial score (nSPS) is 17.3. The van der Waals surface area contributed by atoms with Gasteiger partial charge < -0.3 is 4.90 Å². The van der Waals surface area contributed by atoms with E-state index >= 15 is 0 Å². The molecule has 1 fully saturated rings. The molecule has 3 aromatic rings. The Hall–Kier alpha value is -3.11. The summed E-state index contributed by atoms with van der Waals surface area (Å²) in [5.74, 6) is -0.604. The number of pyridine rings is 1. The van der Waals surface area contributed by atoms with Crippen molar-refractivity contribution in [2.75, 3.05) is 13.1 Å². The van der Waals surface area contributed by atoms with E-state index in [1.165, 1.54) is 23.0 Å². The Kier molecular flexibility index (Phi) is 5.35. The van der Waals surface area contributed by atoms with Crippen LogP contribution in [0.3, 0.4) is 0 Å². The fourth-order valence-corrected chi connectivity index (χ4v) is 3.77. The molecule has 4 heterocycles. The summed E-state index contributed by atoms with van der Waals surface area (Å²) in [7, 11) is 0. The molecular weight excluding hydrogens is 404 g/mol. The largest absolute Gasteiger partial charge is 0.338 e. The third kappa shape index (κ3) is 3.83. The van der Waals surface area contributed by atoms with Crippen molar-refractivity contribution >= 4 is 11.7 Å². The summed E-state index contributed by atoms with van der Waals surface area (Å²) in [5.41, 5.74) is 0.0915. The maximum atomic E-state index is 13.3. The molecule has 1 saturated heterocycles. The lowest BCUT2D eigenvalue weighted by Crippen LogP contribution is -2.39. The molecule has 7 nitrogen and oxygen atoms in total. The van der Waals surface area contributed by atoms with Gasteiger partial charge in [0, 0.05) is 30.3 Å². The zero-order valence-electron chi connectivity index (χ0n) is 16.0. The number of rotatable bonds is 4. The highest BCUT2D eigenvalue weighted by Crippen LogP contribution is 2.30. The van der Waals surface area contributed by atoms with Crippen LogP contribution >= 0.6 is 0 Å². The van der Waals surface area contributed by atoms with Crippen molar-refractivity contribution in [3.05, 3.63) is 52.9 Å². The SMILES string of the molecule is Cc1cc(C(=O)N2CCC[C@H](c3cc(C(F)F)nc4ncnn34)C2)cc(C(F)F)n1. The molecule has 11 heteroatoms. The quantitative estimate of drug-likeness (QED) is 0.599. The summed E-state index contributed by atoms with van der Waals surface area (Å²) in [6.45, 7) is 2.23. The van der Waals surface area contributed by atoms with Crippen LogP contribution in [-0.2, 0) is 0 Å². The second-order valence-electron chi connectivity index (χ2n) is 7.19. The van der Waals surface area contributed by atoms with Gasteiger partial charge in [-0.25, -0.2) is 27.1 Å². The number of carbonyl (C=O) groups is 1. The Labute approximate surface area is 168 Å². The first-order valence-electron chi connectivity index (χ1n) is 9.38. The van der Waals surface area contributed by atoms with Gasteiger partial charge in [-0.3, -0.25) is 9.78 Å². The van der Waals surface area contributed by atoms with E-state index in [2.05, 4.69) is 20.1 Å². The van der Waals surface area contributed by atoms with Gasteiger partial charge in [0.25, 0.3) is 24.5 Å². The smallest absolute Gasteiger partial charge is 0.280 e. The van der Waals surface area contributed by atoms with Gasteiger partial charge in [-0.1, -0.05) is 0 Å². The molecule has 1 atom stereocenters. The summed E-state index contributed by atoms with van der Waals surface area (Å²) >= 11 is 0. The number of aryl methyl sites for hydroxylation is 1. The number of piperidine rings is 1. The molecule has 0 radical (unpaired) electrons. The fourth-order valence-electron chi connectivity index (χ4n) is 3.77. The molecular formula is C19H18F4N6O. The third-order valence-corrected chi connectivity index (χ3v) is 5.09. The van der Waals surface area contributed by atoms with Gasteiger partial charge in [-0.05, 0) is 38.0 Å². The van der Waals surface area contributed by atoms with Gasteiger partial charge in [-0.15, -0.1) is 0 Å². The van der Waals surface area contributed by atoms with E-state index in [9.17, 15) is 22.4 Å². The highest BCUT2D eigenvalue weighted by Gasteiger charge is 2.29. The standard InChI is InChI=1S/C19H18F4N6O/c1-10-5-12(6-13(26-10)16(20)21)18(30)28-4-2-3-11(8-28)15-7-14(17(22)23)27-19-24-9-25-29(15)19/h5-7,9,11,16-17H,2-4,8H2,1H3/t11-/m0/s1. The Morgan fingerprint density at radius 2 is 1.83 bits per heavy atom. The van der Waals surface area contributed by atoms with E-state index in [4.69, 9.17) is 0 Å². The van der Waals surface area contributed by atoms with Gasteiger partial charge >= 0.3 is 0 Å². The summed E-state index contributed by atoms with van der Waals surface area (Å²) in [4.78, 5) is 26.0. The van der Waals surface area contributed by atoms with E-state index in [0.717, 1.165) is 6.07 Å². The predicted octanol–water partition coefficient (Wildman–Crippen LogP) is 3.72. The minimum absolute atomic E-state index is 0.0672. The third-order valence-electron chi connectivity index (χ3n) is 5.09. The first-order valence-corrected chi connectivity index (χ1v) is 9.38. The first-order chi connectivity index (χ1) is 14.3. The lowest BCUT2D eigenvalue weighted by Gasteiger charge is -2.33. The van der Waals surface area contributed by atoms with Crippen LogP contribution < -0.4 is 0 Å². The number of likely N-dealkylation sites (tertiary alicyclic amines) is 1. The number of aromatic nitrogens is 5. The molecule has 1 aliphatic rings. The molecule has 0 saturated carbocycles. The summed E-state index contributed by atoms with van der Waals surface area (Å²) in [5, 5.41) is 4.07. The fraction of sp³-hybridized carbons (Fsp3) is 0.421. The zero-order valence-corrected chi connectivity index (χ0v) is 16.0. The highest BCUT2D eigenvalue weighted by atomic mass is 19.3. The maximum Gasteiger partial charge on any atom is 0.280 e. The molecule has 3 aromatic heterocycles. The zero-order chi connectivity index (χ0) is 21.4. The van der Waals surface area contributed by atoms with Crippen LogP contribution in [0.15, 0.2) is 24.5 Å². The molecule has 0 aliphatic carbocycles. The van der Waals surface area contributed by atoms with Crippen LogP contribution in [0.4, 0.5) is 17.6 Å². The van der Waals surface area contributed by atoms with Crippen molar-refractivity contribution in [2.24, 2.45) is 0 Å². The van der Waals surface area contributed by atoms with Gasteiger partial charge in [-0.2, -0.15) is 10.1 Å². The van der Waals surface area contributed by atoms with Crippen molar-refractivity contribution in [3.63, 3.8) is 0 Å². The maximum absolute atomic E-state index is 13.3. The molecule has 0 unspecified atom stereocenters. The van der Waals surface area contributed by atoms with Crippen LogP contribution in [0.1, 0.15) is 64.7 Å². The number of hydrogen-bond acceptors (Lipinski definition) is 5. The number of nitrogens with zero attached hydrogens (tertiary/aromatic N) is 6. The Morgan fingerprint density at radius 3 is 2.57 bits per heavy atom. The molecule has 1 aliphatic heterocycles.